The van der Waals surface area contributed by atoms with Gasteiger partial charge in [-0.1, -0.05) is 13.8 Å². The normalized spacial score (nSPS) is 57.6. The first-order valence-corrected chi connectivity index (χ1v) is 8.69. The monoisotopic (exact) mass is 300 g/mol. The van der Waals surface area contributed by atoms with E-state index in [1.54, 1.807) is 0 Å². The zero-order valence-corrected chi connectivity index (χ0v) is 14.8. The van der Waals surface area contributed by atoms with Gasteiger partial charge in [0.15, 0.2) is 11.6 Å². The summed E-state index contributed by atoms with van der Waals surface area (Å²) in [6.07, 6.45) is 2.90. The van der Waals surface area contributed by atoms with E-state index < -0.39 is 11.6 Å². The van der Waals surface area contributed by atoms with Crippen LogP contribution in [-0.4, -0.2) is 28.9 Å². The standard InChI is InChI=1S/C16H29O3P/c1-10(2)7-11-15(5)12(8-20)13(3)9-14(4,18-15)19-16(11,6)17-13/h10-12H,7-9,20H2,1-6H3. The molecule has 4 aliphatic rings. The Morgan fingerprint density at radius 3 is 2.25 bits per heavy atom. The molecule has 0 saturated carbocycles. The van der Waals surface area contributed by atoms with Gasteiger partial charge >= 0.3 is 0 Å². The van der Waals surface area contributed by atoms with E-state index in [0.717, 1.165) is 19.0 Å². The Kier molecular flexibility index (Phi) is 3.19. The molecule has 7 unspecified atom stereocenters. The van der Waals surface area contributed by atoms with E-state index in [9.17, 15) is 0 Å². The van der Waals surface area contributed by atoms with Gasteiger partial charge in [-0.3, -0.25) is 0 Å². The van der Waals surface area contributed by atoms with E-state index >= 15 is 0 Å². The topological polar surface area (TPSA) is 27.7 Å². The second kappa shape index (κ2) is 4.19. The largest absolute Gasteiger partial charge is 0.343 e. The molecule has 20 heavy (non-hydrogen) atoms. The molecule has 0 spiro atoms. The highest BCUT2D eigenvalue weighted by Gasteiger charge is 2.74. The molecule has 0 aliphatic carbocycles. The van der Waals surface area contributed by atoms with Crippen LogP contribution in [0, 0.1) is 17.8 Å². The van der Waals surface area contributed by atoms with Crippen LogP contribution in [0.5, 0.6) is 0 Å². The van der Waals surface area contributed by atoms with Crippen molar-refractivity contribution in [2.45, 2.75) is 77.2 Å². The van der Waals surface area contributed by atoms with Crippen molar-refractivity contribution in [3.05, 3.63) is 0 Å². The third-order valence-electron chi connectivity index (χ3n) is 5.66. The molecule has 4 fully saturated rings. The van der Waals surface area contributed by atoms with Crippen LogP contribution in [0.15, 0.2) is 0 Å². The minimum atomic E-state index is -0.518. The van der Waals surface area contributed by atoms with Crippen LogP contribution in [0.25, 0.3) is 0 Å². The average Bonchev–Trinajstić information content (AvgIpc) is 2.19. The van der Waals surface area contributed by atoms with E-state index in [0.29, 0.717) is 11.8 Å². The molecule has 4 aliphatic heterocycles. The minimum Gasteiger partial charge on any atom is -0.343 e. The van der Waals surface area contributed by atoms with Crippen molar-refractivity contribution in [1.82, 2.24) is 0 Å². The van der Waals surface area contributed by atoms with Gasteiger partial charge in [0, 0.05) is 18.3 Å². The van der Waals surface area contributed by atoms with E-state index in [4.69, 9.17) is 14.2 Å². The highest BCUT2D eigenvalue weighted by Crippen LogP contribution is 2.65. The Labute approximate surface area is 125 Å². The predicted octanol–water partition coefficient (Wildman–Crippen LogP) is 3.57. The SMILES string of the molecule is CC(C)CC1C2(C)OC3(C)CC(C)(O2)C(CP)C1(C)O3. The maximum atomic E-state index is 6.53. The summed E-state index contributed by atoms with van der Waals surface area (Å²) >= 11 is 0. The number of hydrogen-bond acceptors (Lipinski definition) is 3. The summed E-state index contributed by atoms with van der Waals surface area (Å²) in [5, 5.41) is 0. The van der Waals surface area contributed by atoms with Gasteiger partial charge in [0.25, 0.3) is 0 Å². The van der Waals surface area contributed by atoms with E-state index in [1.165, 1.54) is 0 Å². The van der Waals surface area contributed by atoms with Crippen molar-refractivity contribution in [2.24, 2.45) is 17.8 Å². The third kappa shape index (κ3) is 1.86. The van der Waals surface area contributed by atoms with Gasteiger partial charge in [-0.25, -0.2) is 0 Å². The molecular formula is C16H29O3P. The smallest absolute Gasteiger partial charge is 0.175 e. The molecule has 3 nitrogen and oxygen atoms in total. The van der Waals surface area contributed by atoms with Gasteiger partial charge in [0.05, 0.1) is 11.2 Å². The summed E-state index contributed by atoms with van der Waals surface area (Å²) < 4.78 is 19.3. The fraction of sp³-hybridized carbons (Fsp3) is 1.00. The van der Waals surface area contributed by atoms with Crippen LogP contribution in [0.3, 0.4) is 0 Å². The van der Waals surface area contributed by atoms with E-state index in [2.05, 4.69) is 50.8 Å². The summed E-state index contributed by atoms with van der Waals surface area (Å²) in [6, 6.07) is 0. The van der Waals surface area contributed by atoms with Crippen molar-refractivity contribution in [3.63, 3.8) is 0 Å². The van der Waals surface area contributed by atoms with Gasteiger partial charge < -0.3 is 14.2 Å². The first-order chi connectivity index (χ1) is 9.07. The maximum Gasteiger partial charge on any atom is 0.175 e. The first-order valence-electron chi connectivity index (χ1n) is 7.87. The lowest BCUT2D eigenvalue weighted by Gasteiger charge is -2.73. The summed E-state index contributed by atoms with van der Waals surface area (Å²) in [4.78, 5) is 0. The zero-order valence-electron chi connectivity index (χ0n) is 13.7. The van der Waals surface area contributed by atoms with Crippen molar-refractivity contribution < 1.29 is 14.2 Å². The van der Waals surface area contributed by atoms with Crippen molar-refractivity contribution >= 4 is 9.24 Å². The van der Waals surface area contributed by atoms with E-state index in [-0.39, 0.29) is 17.1 Å². The van der Waals surface area contributed by atoms with Crippen LogP contribution in [0.4, 0.5) is 0 Å². The minimum absolute atomic E-state index is 0.149. The molecule has 116 valence electrons. The quantitative estimate of drug-likeness (QED) is 0.746. The maximum absolute atomic E-state index is 6.53. The average molecular weight is 300 g/mol. The number of rotatable bonds is 3. The predicted molar refractivity (Wildman–Crippen MR) is 82.5 cm³/mol. The molecule has 7 atom stereocenters. The lowest BCUT2D eigenvalue weighted by Crippen LogP contribution is -2.81. The van der Waals surface area contributed by atoms with Gasteiger partial charge in [-0.15, -0.1) is 9.24 Å². The van der Waals surface area contributed by atoms with Crippen LogP contribution >= 0.6 is 9.24 Å². The zero-order chi connectivity index (χ0) is 15.0. The molecule has 0 amide bonds. The number of hydrogen-bond donors (Lipinski definition) is 0. The molecule has 4 heterocycles. The highest BCUT2D eigenvalue weighted by atomic mass is 31.0. The fourth-order valence-corrected chi connectivity index (χ4v) is 6.36. The second-order valence-corrected chi connectivity index (χ2v) is 8.57. The summed E-state index contributed by atoms with van der Waals surface area (Å²) in [5.41, 5.74) is -0.316. The molecular weight excluding hydrogens is 271 g/mol. The van der Waals surface area contributed by atoms with Gasteiger partial charge in [-0.2, -0.15) is 0 Å². The van der Waals surface area contributed by atoms with E-state index in [1.807, 2.05) is 0 Å². The number of ether oxygens (including phenoxy) is 3. The van der Waals surface area contributed by atoms with Crippen molar-refractivity contribution in [3.8, 4) is 0 Å². The Bertz CT molecular complexity index is 428. The summed E-state index contributed by atoms with van der Waals surface area (Å²) in [5.74, 6) is 0.263. The Morgan fingerprint density at radius 1 is 1.05 bits per heavy atom. The van der Waals surface area contributed by atoms with Gasteiger partial charge in [-0.05, 0) is 46.2 Å². The molecule has 0 aromatic carbocycles. The molecule has 4 bridgehead atoms. The van der Waals surface area contributed by atoms with Crippen LogP contribution in [0.2, 0.25) is 0 Å². The molecule has 0 N–H and O–H groups in total. The molecule has 4 heteroatoms. The Hall–Kier alpha value is 0.310. The molecule has 4 saturated heterocycles. The Morgan fingerprint density at radius 2 is 1.70 bits per heavy atom. The lowest BCUT2D eigenvalue weighted by atomic mass is 9.59. The molecule has 0 aromatic heterocycles. The van der Waals surface area contributed by atoms with Gasteiger partial charge in [0.1, 0.15) is 0 Å². The molecule has 0 radical (unpaired) electrons. The molecule has 0 aromatic rings. The summed E-state index contributed by atoms with van der Waals surface area (Å²) in [6.45, 7) is 13.2. The van der Waals surface area contributed by atoms with Crippen LogP contribution in [0.1, 0.15) is 54.4 Å². The van der Waals surface area contributed by atoms with Crippen molar-refractivity contribution in [1.29, 1.82) is 0 Å². The second-order valence-electron chi connectivity index (χ2n) is 8.10. The highest BCUT2D eigenvalue weighted by molar-refractivity contribution is 7.16. The van der Waals surface area contributed by atoms with Gasteiger partial charge in [0.2, 0.25) is 0 Å². The van der Waals surface area contributed by atoms with Crippen LogP contribution in [-0.2, 0) is 14.2 Å². The molecule has 4 rings (SSSR count). The lowest BCUT2D eigenvalue weighted by molar-refractivity contribution is -0.547. The first kappa shape index (κ1) is 15.2. The fourth-order valence-electron chi connectivity index (χ4n) is 5.40. The Balaban J connectivity index is 2.08. The third-order valence-corrected chi connectivity index (χ3v) is 6.13. The van der Waals surface area contributed by atoms with Crippen LogP contribution < -0.4 is 0 Å². The summed E-state index contributed by atoms with van der Waals surface area (Å²) in [7, 11) is 2.90. The van der Waals surface area contributed by atoms with Crippen molar-refractivity contribution in [2.75, 3.05) is 6.16 Å².